The number of nitrogens with zero attached hydrogens (tertiary/aromatic N) is 1. The summed E-state index contributed by atoms with van der Waals surface area (Å²) in [5.74, 6) is 0.280. The molecule has 0 aromatic heterocycles. The Balaban J connectivity index is 2.02. The first-order valence-electron chi connectivity index (χ1n) is 4.60. The standard InChI is InChI=1S/C10H9Cl2NO2/c11-10(12)6-8(10)5-7-1-3-9(4-2-7)13(14)15/h1-4,8H,5-6H2/t8-/m0/s1. The highest BCUT2D eigenvalue weighted by atomic mass is 35.5. The van der Waals surface area contributed by atoms with E-state index < -0.39 is 9.26 Å². The van der Waals surface area contributed by atoms with Crippen molar-refractivity contribution in [3.63, 3.8) is 0 Å². The number of hydrogen-bond acceptors (Lipinski definition) is 2. The third-order valence-corrected chi connectivity index (χ3v) is 3.51. The molecule has 1 fully saturated rings. The van der Waals surface area contributed by atoms with E-state index in [1.807, 2.05) is 0 Å². The molecule has 1 aromatic rings. The Morgan fingerprint density at radius 2 is 1.93 bits per heavy atom. The lowest BCUT2D eigenvalue weighted by atomic mass is 10.1. The van der Waals surface area contributed by atoms with E-state index >= 15 is 0 Å². The van der Waals surface area contributed by atoms with E-state index in [1.165, 1.54) is 12.1 Å². The van der Waals surface area contributed by atoms with Gasteiger partial charge in [0.2, 0.25) is 0 Å². The van der Waals surface area contributed by atoms with Crippen LogP contribution in [0.1, 0.15) is 12.0 Å². The number of hydrogen-bond donors (Lipinski definition) is 0. The first-order chi connectivity index (χ1) is 6.99. The number of nitro groups is 1. The molecule has 0 unspecified atom stereocenters. The molecule has 1 saturated carbocycles. The van der Waals surface area contributed by atoms with Crippen LogP contribution >= 0.6 is 23.2 Å². The summed E-state index contributed by atoms with van der Waals surface area (Å²) >= 11 is 11.8. The van der Waals surface area contributed by atoms with Crippen molar-refractivity contribution in [1.29, 1.82) is 0 Å². The Labute approximate surface area is 97.1 Å². The highest BCUT2D eigenvalue weighted by Crippen LogP contribution is 2.54. The van der Waals surface area contributed by atoms with Gasteiger partial charge in [0.05, 0.1) is 4.92 Å². The fraction of sp³-hybridized carbons (Fsp3) is 0.400. The second kappa shape index (κ2) is 3.65. The maximum absolute atomic E-state index is 10.4. The zero-order valence-electron chi connectivity index (χ0n) is 7.82. The average molecular weight is 246 g/mol. The summed E-state index contributed by atoms with van der Waals surface area (Å²) < 4.78 is -0.582. The summed E-state index contributed by atoms with van der Waals surface area (Å²) in [4.78, 5) is 10.0. The van der Waals surface area contributed by atoms with Crippen molar-refractivity contribution >= 4 is 28.9 Å². The van der Waals surface area contributed by atoms with Gasteiger partial charge in [-0.05, 0) is 24.3 Å². The van der Waals surface area contributed by atoms with Gasteiger partial charge in [0.1, 0.15) is 4.33 Å². The van der Waals surface area contributed by atoms with E-state index in [-0.39, 0.29) is 11.6 Å². The van der Waals surface area contributed by atoms with Crippen LogP contribution in [0, 0.1) is 16.0 Å². The molecular weight excluding hydrogens is 237 g/mol. The molecule has 1 atom stereocenters. The summed E-state index contributed by atoms with van der Waals surface area (Å²) in [7, 11) is 0. The van der Waals surface area contributed by atoms with Gasteiger partial charge >= 0.3 is 0 Å². The minimum atomic E-state index is -0.582. The zero-order chi connectivity index (χ0) is 11.1. The molecule has 1 aliphatic rings. The molecule has 0 amide bonds. The third kappa shape index (κ3) is 2.41. The minimum Gasteiger partial charge on any atom is -0.258 e. The Morgan fingerprint density at radius 1 is 1.40 bits per heavy atom. The van der Waals surface area contributed by atoms with Crippen molar-refractivity contribution in [2.24, 2.45) is 5.92 Å². The normalized spacial score (nSPS) is 22.4. The molecule has 0 N–H and O–H groups in total. The molecule has 5 heteroatoms. The van der Waals surface area contributed by atoms with Crippen molar-refractivity contribution in [3.8, 4) is 0 Å². The highest BCUT2D eigenvalue weighted by molar-refractivity contribution is 6.50. The van der Waals surface area contributed by atoms with Gasteiger partial charge in [-0.2, -0.15) is 0 Å². The minimum absolute atomic E-state index is 0.109. The number of benzene rings is 1. The summed E-state index contributed by atoms with van der Waals surface area (Å²) in [5.41, 5.74) is 1.14. The van der Waals surface area contributed by atoms with Crippen LogP contribution in [0.4, 0.5) is 5.69 Å². The van der Waals surface area contributed by atoms with Crippen LogP contribution in [0.2, 0.25) is 0 Å². The molecule has 15 heavy (non-hydrogen) atoms. The van der Waals surface area contributed by atoms with Crippen molar-refractivity contribution < 1.29 is 4.92 Å². The predicted molar refractivity (Wildman–Crippen MR) is 59.3 cm³/mol. The fourth-order valence-electron chi connectivity index (χ4n) is 1.53. The van der Waals surface area contributed by atoms with Crippen molar-refractivity contribution in [1.82, 2.24) is 0 Å². The van der Waals surface area contributed by atoms with Gasteiger partial charge in [0.25, 0.3) is 5.69 Å². The highest BCUT2D eigenvalue weighted by Gasteiger charge is 2.51. The summed E-state index contributed by atoms with van der Waals surface area (Å²) in [6, 6.07) is 6.50. The van der Waals surface area contributed by atoms with Crippen molar-refractivity contribution in [3.05, 3.63) is 39.9 Å². The molecule has 2 rings (SSSR count). The summed E-state index contributed by atoms with van der Waals surface area (Å²) in [5, 5.41) is 10.4. The lowest BCUT2D eigenvalue weighted by Gasteiger charge is -2.00. The van der Waals surface area contributed by atoms with Gasteiger partial charge in [0.15, 0.2) is 0 Å². The number of rotatable bonds is 3. The molecule has 0 aliphatic heterocycles. The van der Waals surface area contributed by atoms with Crippen LogP contribution in [0.5, 0.6) is 0 Å². The van der Waals surface area contributed by atoms with E-state index in [0.717, 1.165) is 18.4 Å². The Morgan fingerprint density at radius 3 is 2.33 bits per heavy atom. The summed E-state index contributed by atoms with van der Waals surface area (Å²) in [6.07, 6.45) is 1.58. The molecule has 3 nitrogen and oxygen atoms in total. The smallest absolute Gasteiger partial charge is 0.258 e. The maximum atomic E-state index is 10.4. The van der Waals surface area contributed by atoms with Gasteiger partial charge in [-0.25, -0.2) is 0 Å². The van der Waals surface area contributed by atoms with Gasteiger partial charge in [0, 0.05) is 12.1 Å². The molecule has 0 radical (unpaired) electrons. The predicted octanol–water partition coefficient (Wildman–Crippen LogP) is 3.33. The molecular formula is C10H9Cl2NO2. The van der Waals surface area contributed by atoms with Gasteiger partial charge < -0.3 is 0 Å². The second-order valence-electron chi connectivity index (χ2n) is 3.79. The monoisotopic (exact) mass is 245 g/mol. The lowest BCUT2D eigenvalue weighted by molar-refractivity contribution is -0.384. The first-order valence-corrected chi connectivity index (χ1v) is 5.36. The number of nitro benzene ring substituents is 1. The Bertz CT molecular complexity index is 389. The number of non-ortho nitro benzene ring substituents is 1. The van der Waals surface area contributed by atoms with Gasteiger partial charge in [-0.1, -0.05) is 12.1 Å². The third-order valence-electron chi connectivity index (χ3n) is 2.58. The van der Waals surface area contributed by atoms with E-state index in [4.69, 9.17) is 23.2 Å². The van der Waals surface area contributed by atoms with E-state index in [0.29, 0.717) is 0 Å². The fourth-order valence-corrected chi connectivity index (χ4v) is 2.06. The molecule has 0 spiro atoms. The van der Waals surface area contributed by atoms with Crippen LogP contribution in [0.25, 0.3) is 0 Å². The zero-order valence-corrected chi connectivity index (χ0v) is 9.33. The van der Waals surface area contributed by atoms with Crippen LogP contribution in [-0.2, 0) is 6.42 Å². The Kier molecular flexibility index (Phi) is 2.61. The van der Waals surface area contributed by atoms with E-state index in [2.05, 4.69) is 0 Å². The topological polar surface area (TPSA) is 43.1 Å². The average Bonchev–Trinajstić information content (AvgIpc) is 2.74. The van der Waals surface area contributed by atoms with Crippen LogP contribution in [-0.4, -0.2) is 9.26 Å². The van der Waals surface area contributed by atoms with E-state index in [1.54, 1.807) is 12.1 Å². The Hall–Kier alpha value is -0.800. The molecule has 1 aliphatic carbocycles. The van der Waals surface area contributed by atoms with Crippen molar-refractivity contribution in [2.75, 3.05) is 0 Å². The van der Waals surface area contributed by atoms with E-state index in [9.17, 15) is 10.1 Å². The molecule has 0 saturated heterocycles. The quantitative estimate of drug-likeness (QED) is 0.466. The molecule has 0 heterocycles. The van der Waals surface area contributed by atoms with Gasteiger partial charge in [-0.3, -0.25) is 10.1 Å². The SMILES string of the molecule is O=[N+]([O-])c1ccc(C[C@H]2CC2(Cl)Cl)cc1. The maximum Gasteiger partial charge on any atom is 0.269 e. The van der Waals surface area contributed by atoms with Crippen molar-refractivity contribution in [2.45, 2.75) is 17.2 Å². The van der Waals surface area contributed by atoms with Crippen LogP contribution < -0.4 is 0 Å². The largest absolute Gasteiger partial charge is 0.269 e. The number of halogens is 2. The molecule has 1 aromatic carbocycles. The van der Waals surface area contributed by atoms with Crippen LogP contribution in [0.15, 0.2) is 24.3 Å². The molecule has 80 valence electrons. The van der Waals surface area contributed by atoms with Crippen LogP contribution in [0.3, 0.4) is 0 Å². The molecule has 0 bridgehead atoms. The second-order valence-corrected chi connectivity index (χ2v) is 5.33. The summed E-state index contributed by atoms with van der Waals surface area (Å²) in [6.45, 7) is 0. The lowest BCUT2D eigenvalue weighted by Crippen LogP contribution is -1.95. The van der Waals surface area contributed by atoms with Gasteiger partial charge in [-0.15, -0.1) is 23.2 Å². The first kappa shape index (κ1) is 10.7. The number of alkyl halides is 2.